The van der Waals surface area contributed by atoms with Crippen LogP contribution in [0.4, 0.5) is 11.4 Å². The maximum Gasteiger partial charge on any atom is 2.00 e. The molecule has 0 atom stereocenters. The summed E-state index contributed by atoms with van der Waals surface area (Å²) >= 11 is 0. The molecule has 0 radical (unpaired) electrons. The van der Waals surface area contributed by atoms with Crippen molar-refractivity contribution in [2.24, 2.45) is 9.98 Å². The van der Waals surface area contributed by atoms with Crippen LogP contribution in [0.5, 0.6) is 11.5 Å². The van der Waals surface area contributed by atoms with Crippen molar-refractivity contribution >= 4 is 35.0 Å². The predicted octanol–water partition coefficient (Wildman–Crippen LogP) is 22.6. The van der Waals surface area contributed by atoms with E-state index in [1.165, 1.54) is 210 Å². The molecule has 0 aromatic heterocycles. The van der Waals surface area contributed by atoms with Gasteiger partial charge in [-0.2, -0.15) is 0 Å². The van der Waals surface area contributed by atoms with Gasteiger partial charge in [0.05, 0.1) is 22.8 Å². The first kappa shape index (κ1) is 70.3. The van der Waals surface area contributed by atoms with E-state index in [-0.39, 0.29) is 28.0 Å². The SMILES string of the molecule is CCCC=CC(=Nc1ccc(C=CCCCCCCCCCCCCCCC)cc1)C(CCCCC)=Nc1ccc(C=CCCCCCCCCCCCCCCC)cc1.CCCCCc1cc(CC)cc([O-])c1[O-].[Ni+2]. The maximum absolute atomic E-state index is 11.5. The van der Waals surface area contributed by atoms with Crippen molar-refractivity contribution < 1.29 is 26.7 Å². The molecule has 3 rings (SSSR count). The molecule has 0 saturated heterocycles. The van der Waals surface area contributed by atoms with Crippen LogP contribution in [0.1, 0.15) is 301 Å². The second kappa shape index (κ2) is 50.8. The predicted molar refractivity (Wildman–Crippen MR) is 332 cm³/mol. The first-order chi connectivity index (χ1) is 36.9. The number of hydrogen-bond acceptors (Lipinski definition) is 4. The Morgan fingerprint density at radius 1 is 0.408 bits per heavy atom. The van der Waals surface area contributed by atoms with Crippen LogP contribution in [0.2, 0.25) is 0 Å². The molecule has 428 valence electrons. The Labute approximate surface area is 479 Å². The van der Waals surface area contributed by atoms with Crippen molar-refractivity contribution in [3.8, 4) is 11.5 Å². The normalized spacial score (nSPS) is 12.0. The fraction of sp³-hybridized carbons (Fsp3) is 0.634. The zero-order valence-electron chi connectivity index (χ0n) is 49.8. The van der Waals surface area contributed by atoms with E-state index in [0.717, 1.165) is 86.1 Å². The number of unbranched alkanes of at least 4 members (excludes halogenated alkanes) is 31. The molecule has 4 nitrogen and oxygen atoms in total. The number of rotatable bonds is 45. The summed E-state index contributed by atoms with van der Waals surface area (Å²) in [5, 5.41) is 22.9. The summed E-state index contributed by atoms with van der Waals surface area (Å²) in [5.41, 5.74) is 8.27. The molecule has 0 heterocycles. The van der Waals surface area contributed by atoms with Gasteiger partial charge in [0.2, 0.25) is 0 Å². The molecule has 76 heavy (non-hydrogen) atoms. The fourth-order valence-electron chi connectivity index (χ4n) is 9.64. The molecule has 0 aliphatic rings. The molecule has 3 aromatic carbocycles. The van der Waals surface area contributed by atoms with Crippen molar-refractivity contribution in [1.82, 2.24) is 0 Å². The van der Waals surface area contributed by atoms with E-state index in [0.29, 0.717) is 5.56 Å². The van der Waals surface area contributed by atoms with Crippen LogP contribution in [0.15, 0.2) is 95.0 Å². The molecule has 0 aliphatic carbocycles. The summed E-state index contributed by atoms with van der Waals surface area (Å²) in [6, 6.07) is 20.9. The summed E-state index contributed by atoms with van der Waals surface area (Å²) in [6.07, 6.45) is 64.1. The Morgan fingerprint density at radius 2 is 0.803 bits per heavy atom. The quantitative estimate of drug-likeness (QED) is 0.0321. The average Bonchev–Trinajstić information content (AvgIpc) is 3.42. The summed E-state index contributed by atoms with van der Waals surface area (Å²) in [6.45, 7) is 13.2. The van der Waals surface area contributed by atoms with E-state index in [4.69, 9.17) is 9.98 Å². The Balaban J connectivity index is 0.00000154. The summed E-state index contributed by atoms with van der Waals surface area (Å²) in [5.74, 6) is -0.649. The van der Waals surface area contributed by atoms with Crippen LogP contribution < -0.4 is 10.2 Å². The molecule has 0 aliphatic heterocycles. The molecule has 0 N–H and O–H groups in total. The number of hydrogen-bond donors (Lipinski definition) is 0. The zero-order valence-corrected chi connectivity index (χ0v) is 50.8. The van der Waals surface area contributed by atoms with Gasteiger partial charge >= 0.3 is 16.5 Å². The molecule has 0 saturated carbocycles. The van der Waals surface area contributed by atoms with Gasteiger partial charge in [-0.1, -0.05) is 300 Å². The maximum atomic E-state index is 11.5. The topological polar surface area (TPSA) is 70.8 Å². The second-order valence-electron chi connectivity index (χ2n) is 21.6. The minimum absolute atomic E-state index is 0. The van der Waals surface area contributed by atoms with Gasteiger partial charge in [-0.15, -0.1) is 11.5 Å². The van der Waals surface area contributed by atoms with E-state index in [9.17, 15) is 10.2 Å². The molecule has 0 bridgehead atoms. The van der Waals surface area contributed by atoms with E-state index >= 15 is 0 Å². The van der Waals surface area contributed by atoms with Gasteiger partial charge in [-0.05, 0) is 111 Å². The van der Waals surface area contributed by atoms with Gasteiger partial charge in [0.15, 0.2) is 0 Å². The van der Waals surface area contributed by atoms with E-state index in [1.54, 1.807) is 0 Å². The van der Waals surface area contributed by atoms with Gasteiger partial charge in [0.1, 0.15) is 0 Å². The first-order valence-corrected chi connectivity index (χ1v) is 31.7. The van der Waals surface area contributed by atoms with Gasteiger partial charge in [0, 0.05) is 0 Å². The standard InChI is InChI=1S/C58H94N2.C13H20O2.Ni/c1-5-9-13-15-17-19-21-23-25-27-29-31-33-35-39-41-53-45-49-55(50-46-53)59-57(43-37-11-7-3)58(44-38-12-8-4)60-56-51-47-54(48-52-56)42-40-36-34-32-30-28-26-24-22-20-18-16-14-10-6-2;1-3-5-6-7-11-8-10(4-2)9-12(14)13(11)15;/h37,39-43,45-52H,5-36,38,44H2,1-4H3;8-9,14-15H,3-7H2,1-2H3;/q;;+2/p-2. The van der Waals surface area contributed by atoms with Crippen LogP contribution >= 0.6 is 0 Å². The van der Waals surface area contributed by atoms with Crippen molar-refractivity contribution in [3.63, 3.8) is 0 Å². The van der Waals surface area contributed by atoms with Crippen molar-refractivity contribution in [2.45, 2.75) is 292 Å². The van der Waals surface area contributed by atoms with Crippen LogP contribution in [-0.4, -0.2) is 11.4 Å². The Hall–Kier alpha value is -3.69. The Morgan fingerprint density at radius 3 is 1.22 bits per heavy atom. The minimum atomic E-state index is -0.346. The molecule has 0 fully saturated rings. The largest absolute Gasteiger partial charge is 2.00 e. The van der Waals surface area contributed by atoms with Crippen molar-refractivity contribution in [1.29, 1.82) is 0 Å². The van der Waals surface area contributed by atoms with Crippen LogP contribution in [0.3, 0.4) is 0 Å². The van der Waals surface area contributed by atoms with Crippen LogP contribution in [0, 0.1) is 0 Å². The number of allylic oxidation sites excluding steroid dienone is 4. The zero-order chi connectivity index (χ0) is 54.1. The monoisotopic (exact) mass is 1080 g/mol. The molecular formula is C71H112N2NiO2. The summed E-state index contributed by atoms with van der Waals surface area (Å²) < 4.78 is 0. The summed E-state index contributed by atoms with van der Waals surface area (Å²) in [7, 11) is 0. The molecule has 0 spiro atoms. The van der Waals surface area contributed by atoms with Crippen LogP contribution in [0.25, 0.3) is 12.2 Å². The number of nitrogens with zero attached hydrogens (tertiary/aromatic N) is 2. The molecule has 3 aromatic rings. The van der Waals surface area contributed by atoms with Gasteiger partial charge in [-0.25, -0.2) is 4.99 Å². The third-order valence-electron chi connectivity index (χ3n) is 14.6. The van der Waals surface area contributed by atoms with Gasteiger partial charge in [0.25, 0.3) is 0 Å². The first-order valence-electron chi connectivity index (χ1n) is 31.7. The molecule has 0 amide bonds. The molecule has 5 heteroatoms. The number of aryl methyl sites for hydroxylation is 2. The van der Waals surface area contributed by atoms with E-state index < -0.39 is 0 Å². The van der Waals surface area contributed by atoms with Crippen molar-refractivity contribution in [3.05, 3.63) is 107 Å². The molecular weight excluding hydrogens is 971 g/mol. The van der Waals surface area contributed by atoms with Gasteiger partial charge < -0.3 is 10.2 Å². The smallest absolute Gasteiger partial charge is 0.873 e. The van der Waals surface area contributed by atoms with E-state index in [2.05, 4.69) is 120 Å². The third-order valence-corrected chi connectivity index (χ3v) is 14.6. The van der Waals surface area contributed by atoms with Crippen LogP contribution in [-0.2, 0) is 29.3 Å². The fourth-order valence-corrected chi connectivity index (χ4v) is 9.64. The second-order valence-corrected chi connectivity index (χ2v) is 21.6. The summed E-state index contributed by atoms with van der Waals surface area (Å²) in [4.78, 5) is 10.5. The number of benzene rings is 3. The Bertz CT molecular complexity index is 1940. The number of aliphatic imine (C=N–C) groups is 2. The van der Waals surface area contributed by atoms with E-state index in [1.807, 2.05) is 13.0 Å². The van der Waals surface area contributed by atoms with Crippen molar-refractivity contribution in [2.75, 3.05) is 0 Å². The third kappa shape index (κ3) is 37.2. The Kier molecular flexibility index (Phi) is 47.0. The minimum Gasteiger partial charge on any atom is -0.873 e. The average molecular weight is 1080 g/mol. The van der Waals surface area contributed by atoms with Gasteiger partial charge in [-0.3, -0.25) is 4.99 Å². The molecule has 0 unspecified atom stereocenters.